The Labute approximate surface area is 129 Å². The number of nitrogens with one attached hydrogen (secondary N) is 1. The number of anilines is 1. The summed E-state index contributed by atoms with van der Waals surface area (Å²) in [5, 5.41) is 7.05. The zero-order chi connectivity index (χ0) is 16.1. The summed E-state index contributed by atoms with van der Waals surface area (Å²) in [6.45, 7) is 4.03. The van der Waals surface area contributed by atoms with Crippen LogP contribution in [0.3, 0.4) is 0 Å². The van der Waals surface area contributed by atoms with Gasteiger partial charge in [0.1, 0.15) is 0 Å². The first-order valence-electron chi connectivity index (χ1n) is 7.02. The maximum atomic E-state index is 12.1. The zero-order valence-corrected chi connectivity index (χ0v) is 12.9. The van der Waals surface area contributed by atoms with Crippen LogP contribution in [0.15, 0.2) is 36.5 Å². The Morgan fingerprint density at radius 2 is 2.00 bits per heavy atom. The SMILES string of the molecule is COC(=O)c1ccccc1NC(=O)Cc1ccn(C(C)C)n1. The van der Waals surface area contributed by atoms with E-state index in [1.807, 2.05) is 26.1 Å². The van der Waals surface area contributed by atoms with E-state index in [0.29, 0.717) is 16.9 Å². The second-order valence-electron chi connectivity index (χ2n) is 5.14. The number of hydrogen-bond donors (Lipinski definition) is 1. The summed E-state index contributed by atoms with van der Waals surface area (Å²) in [4.78, 5) is 23.8. The van der Waals surface area contributed by atoms with Crippen LogP contribution in [0.5, 0.6) is 0 Å². The van der Waals surface area contributed by atoms with Crippen molar-refractivity contribution in [2.24, 2.45) is 0 Å². The number of methoxy groups -OCH3 is 1. The number of hydrogen-bond acceptors (Lipinski definition) is 4. The molecule has 1 N–H and O–H groups in total. The molecular weight excluding hydrogens is 282 g/mol. The lowest BCUT2D eigenvalue weighted by Gasteiger charge is -2.09. The van der Waals surface area contributed by atoms with E-state index in [2.05, 4.69) is 10.4 Å². The van der Waals surface area contributed by atoms with E-state index in [0.717, 1.165) is 0 Å². The van der Waals surface area contributed by atoms with Crippen LogP contribution in [-0.2, 0) is 16.0 Å². The van der Waals surface area contributed by atoms with E-state index in [9.17, 15) is 9.59 Å². The first-order valence-corrected chi connectivity index (χ1v) is 7.02. The first kappa shape index (κ1) is 15.8. The van der Waals surface area contributed by atoms with E-state index in [1.54, 1.807) is 28.9 Å². The molecule has 2 rings (SSSR count). The van der Waals surface area contributed by atoms with Crippen molar-refractivity contribution >= 4 is 17.6 Å². The number of esters is 1. The number of amides is 1. The van der Waals surface area contributed by atoms with Crippen LogP contribution >= 0.6 is 0 Å². The highest BCUT2D eigenvalue weighted by atomic mass is 16.5. The van der Waals surface area contributed by atoms with Gasteiger partial charge in [-0.15, -0.1) is 0 Å². The Morgan fingerprint density at radius 3 is 2.64 bits per heavy atom. The van der Waals surface area contributed by atoms with E-state index in [1.165, 1.54) is 7.11 Å². The van der Waals surface area contributed by atoms with E-state index in [-0.39, 0.29) is 18.4 Å². The van der Waals surface area contributed by atoms with Crippen molar-refractivity contribution < 1.29 is 14.3 Å². The second-order valence-corrected chi connectivity index (χ2v) is 5.14. The predicted octanol–water partition coefficient (Wildman–Crippen LogP) is 2.43. The average Bonchev–Trinajstić information content (AvgIpc) is 2.95. The largest absolute Gasteiger partial charge is 0.465 e. The Kier molecular flexibility index (Phi) is 4.93. The van der Waals surface area contributed by atoms with Crippen LogP contribution in [0.4, 0.5) is 5.69 Å². The molecule has 0 saturated heterocycles. The molecule has 2 aromatic rings. The number of ether oxygens (including phenoxy) is 1. The highest BCUT2D eigenvalue weighted by Crippen LogP contribution is 2.16. The quantitative estimate of drug-likeness (QED) is 0.861. The van der Waals surface area contributed by atoms with Gasteiger partial charge in [-0.05, 0) is 32.0 Å². The van der Waals surface area contributed by atoms with Crippen molar-refractivity contribution in [1.82, 2.24) is 9.78 Å². The number of benzene rings is 1. The van der Waals surface area contributed by atoms with Gasteiger partial charge in [0.2, 0.25) is 5.91 Å². The molecule has 1 aromatic carbocycles. The van der Waals surface area contributed by atoms with Gasteiger partial charge in [0.05, 0.1) is 30.5 Å². The van der Waals surface area contributed by atoms with Crippen LogP contribution in [0, 0.1) is 0 Å². The third kappa shape index (κ3) is 3.72. The lowest BCUT2D eigenvalue weighted by molar-refractivity contribution is -0.115. The fourth-order valence-corrected chi connectivity index (χ4v) is 2.00. The van der Waals surface area contributed by atoms with Gasteiger partial charge in [-0.3, -0.25) is 9.48 Å². The standard InChI is InChI=1S/C16H19N3O3/c1-11(2)19-9-8-12(18-19)10-15(20)17-14-7-5-4-6-13(14)16(21)22-3/h4-9,11H,10H2,1-3H3,(H,17,20). The molecule has 0 spiro atoms. The molecular formula is C16H19N3O3. The van der Waals surface area contributed by atoms with Gasteiger partial charge in [0.25, 0.3) is 0 Å². The summed E-state index contributed by atoms with van der Waals surface area (Å²) in [5.41, 5.74) is 1.44. The molecule has 1 aromatic heterocycles. The molecule has 6 nitrogen and oxygen atoms in total. The summed E-state index contributed by atoms with van der Waals surface area (Å²) < 4.78 is 6.50. The normalized spacial score (nSPS) is 10.5. The van der Waals surface area contributed by atoms with Gasteiger partial charge >= 0.3 is 5.97 Å². The fourth-order valence-electron chi connectivity index (χ4n) is 2.00. The first-order chi connectivity index (χ1) is 10.5. The molecule has 0 saturated carbocycles. The van der Waals surface area contributed by atoms with Gasteiger partial charge in [-0.1, -0.05) is 12.1 Å². The third-order valence-corrected chi connectivity index (χ3v) is 3.14. The summed E-state index contributed by atoms with van der Waals surface area (Å²) in [5.74, 6) is -0.717. The van der Waals surface area contributed by atoms with Crippen molar-refractivity contribution in [3.63, 3.8) is 0 Å². The number of nitrogens with zero attached hydrogens (tertiary/aromatic N) is 2. The smallest absolute Gasteiger partial charge is 0.339 e. The van der Waals surface area contributed by atoms with Crippen LogP contribution in [0.2, 0.25) is 0 Å². The minimum Gasteiger partial charge on any atom is -0.465 e. The Morgan fingerprint density at radius 1 is 1.27 bits per heavy atom. The van der Waals surface area contributed by atoms with Gasteiger partial charge in [0, 0.05) is 12.2 Å². The van der Waals surface area contributed by atoms with Crippen molar-refractivity contribution in [2.45, 2.75) is 26.3 Å². The highest BCUT2D eigenvalue weighted by Gasteiger charge is 2.14. The Bertz CT molecular complexity index is 677. The van der Waals surface area contributed by atoms with Gasteiger partial charge in [0.15, 0.2) is 0 Å². The molecule has 0 aliphatic carbocycles. The van der Waals surface area contributed by atoms with Gasteiger partial charge in [-0.25, -0.2) is 4.79 Å². The molecule has 0 fully saturated rings. The van der Waals surface area contributed by atoms with Crippen LogP contribution in [0.1, 0.15) is 35.9 Å². The average molecular weight is 301 g/mol. The maximum Gasteiger partial charge on any atom is 0.339 e. The minimum absolute atomic E-state index is 0.148. The Hall–Kier alpha value is -2.63. The molecule has 0 radical (unpaired) electrons. The summed E-state index contributed by atoms with van der Waals surface area (Å²) in [6, 6.07) is 8.79. The molecule has 0 bridgehead atoms. The van der Waals surface area contributed by atoms with Crippen molar-refractivity contribution in [2.75, 3.05) is 12.4 Å². The van der Waals surface area contributed by atoms with Gasteiger partial charge < -0.3 is 10.1 Å². The number of carbonyl (C=O) groups is 2. The topological polar surface area (TPSA) is 73.2 Å². The van der Waals surface area contributed by atoms with Crippen molar-refractivity contribution in [3.8, 4) is 0 Å². The molecule has 1 amide bonds. The Balaban J connectivity index is 2.07. The number of para-hydroxylation sites is 1. The summed E-state index contributed by atoms with van der Waals surface area (Å²) >= 11 is 0. The van der Waals surface area contributed by atoms with Crippen molar-refractivity contribution in [1.29, 1.82) is 0 Å². The second kappa shape index (κ2) is 6.89. The van der Waals surface area contributed by atoms with Gasteiger partial charge in [-0.2, -0.15) is 5.10 Å². The fraction of sp³-hybridized carbons (Fsp3) is 0.312. The summed E-state index contributed by atoms with van der Waals surface area (Å²) in [7, 11) is 1.31. The van der Waals surface area contributed by atoms with Crippen LogP contribution in [0.25, 0.3) is 0 Å². The molecule has 0 unspecified atom stereocenters. The maximum absolute atomic E-state index is 12.1. The van der Waals surface area contributed by atoms with E-state index < -0.39 is 5.97 Å². The molecule has 1 heterocycles. The molecule has 0 aliphatic rings. The third-order valence-electron chi connectivity index (χ3n) is 3.14. The monoisotopic (exact) mass is 301 g/mol. The summed E-state index contributed by atoms with van der Waals surface area (Å²) in [6.07, 6.45) is 1.99. The molecule has 116 valence electrons. The van der Waals surface area contributed by atoms with Crippen molar-refractivity contribution in [3.05, 3.63) is 47.8 Å². The number of carbonyl (C=O) groups excluding carboxylic acids is 2. The van der Waals surface area contributed by atoms with Crippen LogP contribution in [-0.4, -0.2) is 28.8 Å². The lowest BCUT2D eigenvalue weighted by Crippen LogP contribution is -2.17. The molecule has 0 atom stereocenters. The zero-order valence-electron chi connectivity index (χ0n) is 12.9. The number of rotatable bonds is 5. The molecule has 0 aliphatic heterocycles. The number of aromatic nitrogens is 2. The highest BCUT2D eigenvalue weighted by molar-refractivity contribution is 6.01. The van der Waals surface area contributed by atoms with E-state index >= 15 is 0 Å². The molecule has 22 heavy (non-hydrogen) atoms. The predicted molar refractivity (Wildman–Crippen MR) is 82.7 cm³/mol. The molecule has 6 heteroatoms. The lowest BCUT2D eigenvalue weighted by atomic mass is 10.1. The minimum atomic E-state index is -0.486. The van der Waals surface area contributed by atoms with E-state index in [4.69, 9.17) is 4.74 Å². The van der Waals surface area contributed by atoms with Crippen LogP contribution < -0.4 is 5.32 Å².